The van der Waals surface area contributed by atoms with Crippen LogP contribution in [0.2, 0.25) is 0 Å². The Labute approximate surface area is 180 Å². The van der Waals surface area contributed by atoms with Crippen molar-refractivity contribution in [3.63, 3.8) is 0 Å². The molecule has 3 aliphatic rings. The smallest absolute Gasteiger partial charge is 0.258 e. The summed E-state index contributed by atoms with van der Waals surface area (Å²) >= 11 is 1.42. The van der Waals surface area contributed by atoms with Crippen LogP contribution in [0.25, 0.3) is 10.6 Å². The average molecular weight is 430 g/mol. The molecule has 2 N–H and O–H groups in total. The van der Waals surface area contributed by atoms with Gasteiger partial charge < -0.3 is 15.5 Å². The van der Waals surface area contributed by atoms with Crippen LogP contribution in [0.15, 0.2) is 6.07 Å². The van der Waals surface area contributed by atoms with Crippen molar-refractivity contribution in [3.8, 4) is 10.6 Å². The molecule has 5 rings (SSSR count). The number of hydrogen-bond acceptors (Lipinski definition) is 6. The molecule has 1 atom stereocenters. The number of nitrogens with two attached hydrogens (primary N) is 1. The lowest BCUT2D eigenvalue weighted by molar-refractivity contribution is 0.0697. The molecule has 30 heavy (non-hydrogen) atoms. The Balaban J connectivity index is 1.58. The molecule has 1 saturated heterocycles. The van der Waals surface area contributed by atoms with Crippen molar-refractivity contribution < 1.29 is 9.18 Å². The summed E-state index contributed by atoms with van der Waals surface area (Å²) in [6.45, 7) is 7.47. The number of piperidine rings is 1. The van der Waals surface area contributed by atoms with E-state index in [1.54, 1.807) is 6.92 Å². The first kappa shape index (κ1) is 19.7. The minimum Gasteiger partial charge on any atom is -0.375 e. The highest BCUT2D eigenvalue weighted by Gasteiger charge is 2.42. The zero-order valence-corrected chi connectivity index (χ0v) is 18.6. The summed E-state index contributed by atoms with van der Waals surface area (Å²) in [5.74, 6) is 1.36. The van der Waals surface area contributed by atoms with E-state index >= 15 is 0 Å². The Morgan fingerprint density at radius 3 is 2.60 bits per heavy atom. The summed E-state index contributed by atoms with van der Waals surface area (Å²) < 4.78 is 14.4. The Morgan fingerprint density at radius 2 is 2.00 bits per heavy atom. The number of amides is 1. The molecule has 2 aliphatic heterocycles. The lowest BCUT2D eigenvalue weighted by atomic mass is 9.95. The van der Waals surface area contributed by atoms with Gasteiger partial charge in [-0.05, 0) is 64.0 Å². The summed E-state index contributed by atoms with van der Waals surface area (Å²) in [5.41, 5.74) is 8.13. The van der Waals surface area contributed by atoms with E-state index in [0.717, 1.165) is 21.8 Å². The van der Waals surface area contributed by atoms with E-state index in [0.29, 0.717) is 54.9 Å². The molecule has 4 heterocycles. The second kappa shape index (κ2) is 6.90. The molecular formula is C22H28FN5OS. The van der Waals surface area contributed by atoms with Crippen molar-refractivity contribution in [2.24, 2.45) is 5.92 Å². The van der Waals surface area contributed by atoms with Crippen LogP contribution in [0, 0.1) is 12.8 Å². The fourth-order valence-electron chi connectivity index (χ4n) is 4.69. The molecule has 0 aromatic carbocycles. The van der Waals surface area contributed by atoms with Gasteiger partial charge in [0.25, 0.3) is 5.91 Å². The van der Waals surface area contributed by atoms with Crippen LogP contribution in [0.1, 0.15) is 61.1 Å². The minimum atomic E-state index is -1.16. The molecule has 2 fully saturated rings. The third-order valence-corrected chi connectivity index (χ3v) is 7.85. The number of alkyl halides is 1. The van der Waals surface area contributed by atoms with Gasteiger partial charge in [0.1, 0.15) is 11.5 Å². The van der Waals surface area contributed by atoms with Gasteiger partial charge in [0.15, 0.2) is 5.13 Å². The molecule has 1 saturated carbocycles. The highest BCUT2D eigenvalue weighted by Crippen LogP contribution is 2.42. The third kappa shape index (κ3) is 3.35. The first-order valence-electron chi connectivity index (χ1n) is 10.8. The molecule has 160 valence electrons. The summed E-state index contributed by atoms with van der Waals surface area (Å²) in [6.07, 6.45) is 3.27. The minimum absolute atomic E-state index is 0.0626. The van der Waals surface area contributed by atoms with Crippen LogP contribution < -0.4 is 10.6 Å². The number of aromatic nitrogens is 2. The van der Waals surface area contributed by atoms with Crippen molar-refractivity contribution in [1.29, 1.82) is 0 Å². The van der Waals surface area contributed by atoms with Crippen LogP contribution in [-0.4, -0.2) is 45.6 Å². The Kier molecular flexibility index (Phi) is 4.54. The van der Waals surface area contributed by atoms with E-state index in [4.69, 9.17) is 10.7 Å². The number of carbonyl (C=O) groups is 1. The van der Waals surface area contributed by atoms with Crippen molar-refractivity contribution in [1.82, 2.24) is 14.9 Å². The van der Waals surface area contributed by atoms with Gasteiger partial charge in [-0.25, -0.2) is 14.4 Å². The quantitative estimate of drug-likeness (QED) is 0.789. The summed E-state index contributed by atoms with van der Waals surface area (Å²) in [4.78, 5) is 27.7. The van der Waals surface area contributed by atoms with Gasteiger partial charge in [0.2, 0.25) is 0 Å². The molecule has 8 heteroatoms. The normalized spacial score (nSPS) is 21.8. The molecule has 0 spiro atoms. The predicted molar refractivity (Wildman–Crippen MR) is 118 cm³/mol. The van der Waals surface area contributed by atoms with E-state index in [9.17, 15) is 9.18 Å². The van der Waals surface area contributed by atoms with Gasteiger partial charge in [-0.1, -0.05) is 11.3 Å². The molecule has 2 aromatic heterocycles. The number of fused-ring (bicyclic) bond motifs is 1. The number of hydrogen-bond donors (Lipinski definition) is 1. The van der Waals surface area contributed by atoms with Gasteiger partial charge >= 0.3 is 0 Å². The maximum Gasteiger partial charge on any atom is 0.258 e. The Hall–Kier alpha value is -2.22. The van der Waals surface area contributed by atoms with E-state index in [-0.39, 0.29) is 11.9 Å². The summed E-state index contributed by atoms with van der Waals surface area (Å²) in [6, 6.07) is 2.26. The van der Waals surface area contributed by atoms with Crippen LogP contribution >= 0.6 is 11.3 Å². The Morgan fingerprint density at radius 1 is 1.30 bits per heavy atom. The van der Waals surface area contributed by atoms with Gasteiger partial charge in [-0.15, -0.1) is 0 Å². The Bertz CT molecular complexity index is 1010. The maximum atomic E-state index is 14.4. The molecule has 0 radical (unpaired) electrons. The first-order valence-corrected chi connectivity index (χ1v) is 11.6. The second-order valence-electron chi connectivity index (χ2n) is 9.24. The van der Waals surface area contributed by atoms with Crippen LogP contribution in [0.3, 0.4) is 0 Å². The van der Waals surface area contributed by atoms with Gasteiger partial charge in [-0.2, -0.15) is 0 Å². The second-order valence-corrected chi connectivity index (χ2v) is 10.3. The molecule has 1 amide bonds. The number of thiazole rings is 1. The van der Waals surface area contributed by atoms with E-state index in [1.807, 2.05) is 17.9 Å². The standard InChI is InChI=1S/C22H28FN5OS/c1-12-18(30-21(24)25-12)16-10-15-11-28(13(2)14-4-5-14)20(29)17(15)19(26-16)27-8-6-22(3,23)7-9-27/h10,13-14H,4-9,11H2,1-3H3,(H2,24,25)/t13-/m0/s1. The number of pyridine rings is 1. The van der Waals surface area contributed by atoms with Gasteiger partial charge in [0.05, 0.1) is 21.8 Å². The molecule has 0 unspecified atom stereocenters. The highest BCUT2D eigenvalue weighted by molar-refractivity contribution is 7.18. The van der Waals surface area contributed by atoms with Crippen LogP contribution in [0.4, 0.5) is 15.3 Å². The zero-order valence-electron chi connectivity index (χ0n) is 17.7. The number of aryl methyl sites for hydroxylation is 1. The SMILES string of the molecule is Cc1nc(N)sc1-c1cc2c(c(N3CCC(C)(F)CC3)n1)C(=O)N([C@@H](C)C1CC1)C2. The molecule has 1 aliphatic carbocycles. The number of rotatable bonds is 4. The monoisotopic (exact) mass is 429 g/mol. The predicted octanol–water partition coefficient (Wildman–Crippen LogP) is 4.18. The topological polar surface area (TPSA) is 75.3 Å². The van der Waals surface area contributed by atoms with Crippen molar-refractivity contribution in [3.05, 3.63) is 22.9 Å². The van der Waals surface area contributed by atoms with Gasteiger partial charge in [0, 0.05) is 25.7 Å². The first-order chi connectivity index (χ1) is 14.2. The van der Waals surface area contributed by atoms with E-state index in [1.165, 1.54) is 24.2 Å². The molecular weight excluding hydrogens is 401 g/mol. The summed E-state index contributed by atoms with van der Waals surface area (Å²) in [7, 11) is 0. The van der Waals surface area contributed by atoms with Crippen molar-refractivity contribution >= 4 is 28.2 Å². The third-order valence-electron chi connectivity index (χ3n) is 6.84. The molecule has 2 aromatic rings. The lowest BCUT2D eigenvalue weighted by Gasteiger charge is -2.35. The van der Waals surface area contributed by atoms with Crippen LogP contribution in [-0.2, 0) is 6.54 Å². The highest BCUT2D eigenvalue weighted by atomic mass is 32.1. The number of anilines is 2. The average Bonchev–Trinajstić information content (AvgIpc) is 3.41. The zero-order chi connectivity index (χ0) is 21.2. The fourth-order valence-corrected chi connectivity index (χ4v) is 5.48. The number of nitrogens with zero attached hydrogens (tertiary/aromatic N) is 4. The molecule has 0 bridgehead atoms. The van der Waals surface area contributed by atoms with Crippen LogP contribution in [0.5, 0.6) is 0 Å². The lowest BCUT2D eigenvalue weighted by Crippen LogP contribution is -2.41. The fraction of sp³-hybridized carbons (Fsp3) is 0.591. The summed E-state index contributed by atoms with van der Waals surface area (Å²) in [5, 5.41) is 0.512. The number of halogens is 1. The van der Waals surface area contributed by atoms with E-state index < -0.39 is 5.67 Å². The van der Waals surface area contributed by atoms with Gasteiger partial charge in [-0.3, -0.25) is 4.79 Å². The van der Waals surface area contributed by atoms with E-state index in [2.05, 4.69) is 16.8 Å². The maximum absolute atomic E-state index is 14.4. The van der Waals surface area contributed by atoms with Crippen molar-refractivity contribution in [2.45, 2.75) is 64.7 Å². The number of nitrogen functional groups attached to an aromatic ring is 1. The van der Waals surface area contributed by atoms with Crippen molar-refractivity contribution in [2.75, 3.05) is 23.7 Å². The largest absolute Gasteiger partial charge is 0.375 e. The number of carbonyl (C=O) groups excluding carboxylic acids is 1. The molecule has 6 nitrogen and oxygen atoms in total.